The Labute approximate surface area is 169 Å². The van der Waals surface area contributed by atoms with Gasteiger partial charge in [0, 0.05) is 18.8 Å². The average molecular weight is 395 g/mol. The van der Waals surface area contributed by atoms with E-state index in [-0.39, 0.29) is 17.8 Å². The number of esters is 1. The van der Waals surface area contributed by atoms with Gasteiger partial charge in [-0.3, -0.25) is 9.59 Å². The van der Waals surface area contributed by atoms with Crippen molar-refractivity contribution in [3.63, 3.8) is 0 Å². The molecule has 2 aliphatic rings. The highest BCUT2D eigenvalue weighted by atomic mass is 16.5. The molecule has 4 rings (SSSR count). The Morgan fingerprint density at radius 1 is 1.28 bits per heavy atom. The molecule has 1 fully saturated rings. The van der Waals surface area contributed by atoms with E-state index in [1.807, 2.05) is 45.0 Å². The summed E-state index contributed by atoms with van der Waals surface area (Å²) in [6.07, 6.45) is 1.45. The third kappa shape index (κ3) is 3.50. The van der Waals surface area contributed by atoms with Gasteiger partial charge in [0.1, 0.15) is 0 Å². The Morgan fingerprint density at radius 3 is 2.69 bits per heavy atom. The van der Waals surface area contributed by atoms with Crippen LogP contribution in [-0.2, 0) is 14.3 Å². The minimum atomic E-state index is -0.188. The maximum Gasteiger partial charge on any atom is 0.309 e. The number of fused-ring (bicyclic) bond motifs is 1. The fourth-order valence-electron chi connectivity index (χ4n) is 3.97. The Morgan fingerprint density at radius 2 is 2.00 bits per heavy atom. The Kier molecular flexibility index (Phi) is 5.08. The summed E-state index contributed by atoms with van der Waals surface area (Å²) in [6, 6.07) is 7.63. The molecule has 0 aliphatic carbocycles. The molecule has 3 heterocycles. The number of allylic oxidation sites excluding steroid dienone is 1. The van der Waals surface area contributed by atoms with Gasteiger partial charge in [-0.25, -0.2) is 4.98 Å². The topological polar surface area (TPSA) is 90.9 Å². The number of hydrazone groups is 1. The third-order valence-corrected chi connectivity index (χ3v) is 5.55. The second kappa shape index (κ2) is 7.69. The number of hydrogen-bond donors (Lipinski definition) is 1. The van der Waals surface area contributed by atoms with E-state index in [1.165, 1.54) is 5.01 Å². The molecule has 1 aromatic carbocycles. The minimum absolute atomic E-state index is 0.0647. The summed E-state index contributed by atoms with van der Waals surface area (Å²) >= 11 is 0. The smallest absolute Gasteiger partial charge is 0.309 e. The summed E-state index contributed by atoms with van der Waals surface area (Å²) in [5.74, 6) is 0.0410. The van der Waals surface area contributed by atoms with Crippen LogP contribution >= 0.6 is 0 Å². The number of anilines is 1. The number of hydrogen-bond acceptors (Lipinski definition) is 6. The summed E-state index contributed by atoms with van der Waals surface area (Å²) in [5.41, 5.74) is 3.80. The molecular weight excluding hydrogens is 370 g/mol. The van der Waals surface area contributed by atoms with E-state index in [2.05, 4.69) is 20.0 Å². The molecule has 0 saturated carbocycles. The SMILES string of the molecule is CCOC(=O)C1CCN(C(C)=C2C(=O)N(c3nc4ccccc4[nH]3)N=C2C)CC1. The van der Waals surface area contributed by atoms with E-state index in [1.54, 1.807) is 0 Å². The van der Waals surface area contributed by atoms with Gasteiger partial charge in [-0.1, -0.05) is 12.1 Å². The lowest BCUT2D eigenvalue weighted by atomic mass is 9.96. The van der Waals surface area contributed by atoms with Crippen LogP contribution in [-0.4, -0.2) is 52.2 Å². The van der Waals surface area contributed by atoms with Crippen molar-refractivity contribution in [3.8, 4) is 0 Å². The van der Waals surface area contributed by atoms with Gasteiger partial charge in [-0.05, 0) is 45.7 Å². The first-order valence-corrected chi connectivity index (χ1v) is 9.96. The summed E-state index contributed by atoms with van der Waals surface area (Å²) in [4.78, 5) is 34.9. The standard InChI is InChI=1S/C21H25N5O3/c1-4-29-20(28)15-9-11-25(12-10-15)14(3)18-13(2)24-26(19(18)27)21-22-16-7-5-6-8-17(16)23-21/h5-8,15H,4,9-12H2,1-3H3,(H,22,23). The first-order valence-electron chi connectivity index (χ1n) is 9.96. The summed E-state index contributed by atoms with van der Waals surface area (Å²) in [6.45, 7) is 7.44. The number of piperidine rings is 1. The largest absolute Gasteiger partial charge is 0.466 e. The zero-order valence-corrected chi connectivity index (χ0v) is 16.9. The summed E-state index contributed by atoms with van der Waals surface area (Å²) in [5, 5.41) is 5.78. The molecule has 1 N–H and O–H groups in total. The number of ether oxygens (including phenoxy) is 1. The van der Waals surface area contributed by atoms with E-state index in [0.717, 1.165) is 29.6 Å². The zero-order chi connectivity index (χ0) is 20.5. The number of likely N-dealkylation sites (tertiary alicyclic amines) is 1. The molecule has 1 saturated heterocycles. The Bertz CT molecular complexity index is 981. The highest BCUT2D eigenvalue weighted by Crippen LogP contribution is 2.28. The summed E-state index contributed by atoms with van der Waals surface area (Å²) in [7, 11) is 0. The average Bonchev–Trinajstić information content (AvgIpc) is 3.28. The molecule has 0 spiro atoms. The molecule has 1 aromatic heterocycles. The number of imidazole rings is 1. The predicted molar refractivity (Wildman–Crippen MR) is 110 cm³/mol. The van der Waals surface area contributed by atoms with Crippen LogP contribution in [0.15, 0.2) is 40.6 Å². The van der Waals surface area contributed by atoms with Crippen molar-refractivity contribution >= 4 is 34.6 Å². The molecule has 2 aliphatic heterocycles. The number of H-pyrrole nitrogens is 1. The lowest BCUT2D eigenvalue weighted by Gasteiger charge is -2.33. The number of para-hydroxylation sites is 2. The lowest BCUT2D eigenvalue weighted by Crippen LogP contribution is -2.37. The van der Waals surface area contributed by atoms with Crippen molar-refractivity contribution in [2.45, 2.75) is 33.6 Å². The number of carbonyl (C=O) groups excluding carboxylic acids is 2. The third-order valence-electron chi connectivity index (χ3n) is 5.55. The van der Waals surface area contributed by atoms with Crippen LogP contribution in [0.3, 0.4) is 0 Å². The molecular formula is C21H25N5O3. The van der Waals surface area contributed by atoms with Gasteiger partial charge in [-0.15, -0.1) is 0 Å². The number of rotatable bonds is 4. The van der Waals surface area contributed by atoms with Crippen molar-refractivity contribution in [2.75, 3.05) is 24.7 Å². The fourth-order valence-corrected chi connectivity index (χ4v) is 3.97. The second-order valence-corrected chi connectivity index (χ2v) is 7.35. The van der Waals surface area contributed by atoms with E-state index < -0.39 is 0 Å². The maximum atomic E-state index is 13.1. The number of aromatic amines is 1. The van der Waals surface area contributed by atoms with E-state index in [4.69, 9.17) is 4.74 Å². The van der Waals surface area contributed by atoms with Crippen molar-refractivity contribution in [1.82, 2.24) is 14.9 Å². The fraction of sp³-hybridized carbons (Fsp3) is 0.429. The zero-order valence-electron chi connectivity index (χ0n) is 16.9. The molecule has 0 radical (unpaired) electrons. The number of nitrogens with zero attached hydrogens (tertiary/aromatic N) is 4. The van der Waals surface area contributed by atoms with Gasteiger partial charge in [0.2, 0.25) is 5.95 Å². The van der Waals surface area contributed by atoms with Gasteiger partial charge in [0.15, 0.2) is 0 Å². The second-order valence-electron chi connectivity index (χ2n) is 7.35. The normalized spacial score (nSPS) is 19.7. The predicted octanol–water partition coefficient (Wildman–Crippen LogP) is 2.83. The van der Waals surface area contributed by atoms with Gasteiger partial charge >= 0.3 is 5.97 Å². The molecule has 8 nitrogen and oxygen atoms in total. The van der Waals surface area contributed by atoms with Crippen LogP contribution in [0.5, 0.6) is 0 Å². The van der Waals surface area contributed by atoms with Crippen LogP contribution in [0.1, 0.15) is 33.6 Å². The number of carbonyl (C=O) groups is 2. The molecule has 1 amide bonds. The maximum absolute atomic E-state index is 13.1. The van der Waals surface area contributed by atoms with E-state index in [0.29, 0.717) is 36.9 Å². The van der Waals surface area contributed by atoms with E-state index in [9.17, 15) is 9.59 Å². The van der Waals surface area contributed by atoms with Crippen LogP contribution in [0.2, 0.25) is 0 Å². The number of amides is 1. The van der Waals surface area contributed by atoms with Crippen LogP contribution < -0.4 is 5.01 Å². The number of nitrogens with one attached hydrogen (secondary N) is 1. The van der Waals surface area contributed by atoms with Gasteiger partial charge in [0.25, 0.3) is 5.91 Å². The molecule has 0 atom stereocenters. The first kappa shape index (κ1) is 19.2. The Hall–Kier alpha value is -3.16. The molecule has 0 unspecified atom stereocenters. The molecule has 2 aromatic rings. The first-order chi connectivity index (χ1) is 14.0. The van der Waals surface area contributed by atoms with Gasteiger partial charge < -0.3 is 14.6 Å². The van der Waals surface area contributed by atoms with Crippen molar-refractivity contribution < 1.29 is 14.3 Å². The van der Waals surface area contributed by atoms with Crippen molar-refractivity contribution in [2.24, 2.45) is 11.0 Å². The van der Waals surface area contributed by atoms with Crippen LogP contribution in [0.25, 0.3) is 11.0 Å². The van der Waals surface area contributed by atoms with Crippen LogP contribution in [0, 0.1) is 5.92 Å². The molecule has 29 heavy (non-hydrogen) atoms. The number of benzene rings is 1. The van der Waals surface area contributed by atoms with E-state index >= 15 is 0 Å². The van der Waals surface area contributed by atoms with Gasteiger partial charge in [0.05, 0.1) is 34.8 Å². The Balaban J connectivity index is 1.53. The molecule has 8 heteroatoms. The number of aromatic nitrogens is 2. The highest BCUT2D eigenvalue weighted by molar-refractivity contribution is 6.29. The van der Waals surface area contributed by atoms with Crippen molar-refractivity contribution in [1.29, 1.82) is 0 Å². The minimum Gasteiger partial charge on any atom is -0.466 e. The van der Waals surface area contributed by atoms with Crippen molar-refractivity contribution in [3.05, 3.63) is 35.5 Å². The van der Waals surface area contributed by atoms with Crippen LogP contribution in [0.4, 0.5) is 5.95 Å². The quantitative estimate of drug-likeness (QED) is 0.635. The van der Waals surface area contributed by atoms with Gasteiger partial charge in [-0.2, -0.15) is 10.1 Å². The molecule has 152 valence electrons. The lowest BCUT2D eigenvalue weighted by molar-refractivity contribution is -0.149. The summed E-state index contributed by atoms with van der Waals surface area (Å²) < 4.78 is 5.14. The molecule has 0 bridgehead atoms. The highest BCUT2D eigenvalue weighted by Gasteiger charge is 2.35. The monoisotopic (exact) mass is 395 g/mol.